The van der Waals surface area contributed by atoms with E-state index in [1.54, 1.807) is 6.33 Å². The Morgan fingerprint density at radius 3 is 2.83 bits per heavy atom. The van der Waals surface area contributed by atoms with Crippen molar-refractivity contribution in [1.82, 2.24) is 25.0 Å². The minimum Gasteiger partial charge on any atom is -0.311 e. The molecule has 0 amide bonds. The van der Waals surface area contributed by atoms with Crippen LogP contribution < -0.4 is 5.32 Å². The van der Waals surface area contributed by atoms with Gasteiger partial charge >= 0.3 is 0 Å². The topological polar surface area (TPSA) is 46.0 Å². The maximum absolute atomic E-state index is 4.31. The molecule has 0 bridgehead atoms. The zero-order valence-electron chi connectivity index (χ0n) is 12.0. The number of rotatable bonds is 4. The van der Waals surface area contributed by atoms with Crippen LogP contribution in [0.5, 0.6) is 0 Å². The Morgan fingerprint density at radius 1 is 1.44 bits per heavy atom. The van der Waals surface area contributed by atoms with Gasteiger partial charge < -0.3 is 5.32 Å². The number of aromatic nitrogens is 3. The monoisotopic (exact) mass is 251 g/mol. The smallest absolute Gasteiger partial charge is 0.140 e. The summed E-state index contributed by atoms with van der Waals surface area (Å²) in [6.45, 7) is 9.79. The van der Waals surface area contributed by atoms with E-state index in [4.69, 9.17) is 0 Å². The lowest BCUT2D eigenvalue weighted by molar-refractivity contribution is 0.218. The average molecular weight is 251 g/mol. The SMILES string of the molecule is Cn1ncnc1CN1CCCC1CNC(C)(C)C. The van der Waals surface area contributed by atoms with E-state index < -0.39 is 0 Å². The summed E-state index contributed by atoms with van der Waals surface area (Å²) in [6.07, 6.45) is 4.20. The standard InChI is InChI=1S/C13H25N5/c1-13(2,3)15-8-11-6-5-7-18(11)9-12-14-10-16-17(12)4/h10-11,15H,5-9H2,1-4H3. The van der Waals surface area contributed by atoms with E-state index in [9.17, 15) is 0 Å². The highest BCUT2D eigenvalue weighted by atomic mass is 15.3. The van der Waals surface area contributed by atoms with Crippen molar-refractivity contribution in [2.24, 2.45) is 7.05 Å². The van der Waals surface area contributed by atoms with Crippen molar-refractivity contribution in [3.63, 3.8) is 0 Å². The van der Waals surface area contributed by atoms with Gasteiger partial charge in [-0.05, 0) is 40.2 Å². The van der Waals surface area contributed by atoms with Gasteiger partial charge in [-0.15, -0.1) is 0 Å². The highest BCUT2D eigenvalue weighted by Crippen LogP contribution is 2.19. The lowest BCUT2D eigenvalue weighted by Crippen LogP contribution is -2.45. The summed E-state index contributed by atoms with van der Waals surface area (Å²) in [5, 5.41) is 7.74. The van der Waals surface area contributed by atoms with E-state index in [2.05, 4.69) is 41.1 Å². The Bertz CT molecular complexity index is 379. The fourth-order valence-electron chi connectivity index (χ4n) is 2.40. The van der Waals surface area contributed by atoms with Crippen molar-refractivity contribution in [1.29, 1.82) is 0 Å². The molecule has 1 saturated heterocycles. The molecule has 1 aliphatic rings. The third-order valence-electron chi connectivity index (χ3n) is 3.52. The molecule has 1 N–H and O–H groups in total. The first kappa shape index (κ1) is 13.5. The minimum atomic E-state index is 0.193. The second kappa shape index (κ2) is 5.36. The van der Waals surface area contributed by atoms with Gasteiger partial charge in [0.1, 0.15) is 12.2 Å². The molecule has 5 heteroatoms. The van der Waals surface area contributed by atoms with Crippen LogP contribution in [0.4, 0.5) is 0 Å². The van der Waals surface area contributed by atoms with Crippen LogP contribution in [0.3, 0.4) is 0 Å². The number of likely N-dealkylation sites (tertiary alicyclic amines) is 1. The van der Waals surface area contributed by atoms with Gasteiger partial charge in [0.05, 0.1) is 6.54 Å². The third kappa shape index (κ3) is 3.53. The molecule has 1 unspecified atom stereocenters. The molecule has 0 spiro atoms. The van der Waals surface area contributed by atoms with Gasteiger partial charge in [-0.25, -0.2) is 4.98 Å². The lowest BCUT2D eigenvalue weighted by Gasteiger charge is -2.28. The first-order valence-corrected chi connectivity index (χ1v) is 6.78. The van der Waals surface area contributed by atoms with Gasteiger partial charge in [0.2, 0.25) is 0 Å². The molecule has 5 nitrogen and oxygen atoms in total. The summed E-state index contributed by atoms with van der Waals surface area (Å²) in [7, 11) is 1.96. The van der Waals surface area contributed by atoms with Crippen LogP contribution in [0.15, 0.2) is 6.33 Å². The highest BCUT2D eigenvalue weighted by molar-refractivity contribution is 4.90. The van der Waals surface area contributed by atoms with Crippen molar-refractivity contribution in [2.45, 2.75) is 51.7 Å². The Balaban J connectivity index is 1.90. The molecule has 0 saturated carbocycles. The van der Waals surface area contributed by atoms with E-state index in [1.165, 1.54) is 19.4 Å². The normalized spacial score (nSPS) is 21.7. The van der Waals surface area contributed by atoms with E-state index in [0.29, 0.717) is 6.04 Å². The van der Waals surface area contributed by atoms with Crippen molar-refractivity contribution < 1.29 is 0 Å². The zero-order valence-corrected chi connectivity index (χ0v) is 12.0. The van der Waals surface area contributed by atoms with Crippen LogP contribution in [0.2, 0.25) is 0 Å². The Labute approximate surface area is 110 Å². The van der Waals surface area contributed by atoms with E-state index in [-0.39, 0.29) is 5.54 Å². The Kier molecular flexibility index (Phi) is 4.02. The second-order valence-corrected chi connectivity index (χ2v) is 6.20. The Hall–Kier alpha value is -0.940. The summed E-state index contributed by atoms with van der Waals surface area (Å²) in [5.74, 6) is 1.05. The average Bonchev–Trinajstić information content (AvgIpc) is 2.86. The van der Waals surface area contributed by atoms with E-state index in [0.717, 1.165) is 18.9 Å². The maximum atomic E-state index is 4.31. The lowest BCUT2D eigenvalue weighted by atomic mass is 10.1. The van der Waals surface area contributed by atoms with Crippen LogP contribution in [0.1, 0.15) is 39.4 Å². The molecule has 1 fully saturated rings. The molecule has 1 aromatic heterocycles. The summed E-state index contributed by atoms with van der Waals surface area (Å²) < 4.78 is 1.87. The van der Waals surface area contributed by atoms with Gasteiger partial charge in [0.25, 0.3) is 0 Å². The summed E-state index contributed by atoms with van der Waals surface area (Å²) in [6, 6.07) is 0.626. The number of hydrogen-bond acceptors (Lipinski definition) is 4. The molecular weight excluding hydrogens is 226 g/mol. The van der Waals surface area contributed by atoms with Gasteiger partial charge in [-0.2, -0.15) is 5.10 Å². The van der Waals surface area contributed by atoms with Crippen LogP contribution in [-0.4, -0.2) is 44.3 Å². The first-order chi connectivity index (χ1) is 8.46. The van der Waals surface area contributed by atoms with Crippen LogP contribution in [0.25, 0.3) is 0 Å². The van der Waals surface area contributed by atoms with Crippen LogP contribution >= 0.6 is 0 Å². The predicted octanol–water partition coefficient (Wildman–Crippen LogP) is 1.17. The quantitative estimate of drug-likeness (QED) is 0.872. The second-order valence-electron chi connectivity index (χ2n) is 6.20. The molecule has 0 aromatic carbocycles. The first-order valence-electron chi connectivity index (χ1n) is 6.78. The number of nitrogens with zero attached hydrogens (tertiary/aromatic N) is 4. The van der Waals surface area contributed by atoms with Crippen LogP contribution in [-0.2, 0) is 13.6 Å². The van der Waals surface area contributed by atoms with Crippen molar-refractivity contribution in [3.05, 3.63) is 12.2 Å². The third-order valence-corrected chi connectivity index (χ3v) is 3.52. The highest BCUT2D eigenvalue weighted by Gasteiger charge is 2.26. The Morgan fingerprint density at radius 2 is 2.22 bits per heavy atom. The molecule has 1 aliphatic heterocycles. The fraction of sp³-hybridized carbons (Fsp3) is 0.846. The number of nitrogens with one attached hydrogen (secondary N) is 1. The van der Waals surface area contributed by atoms with Gasteiger partial charge in [0.15, 0.2) is 0 Å². The summed E-state index contributed by atoms with van der Waals surface area (Å²) in [4.78, 5) is 6.83. The molecule has 2 rings (SSSR count). The fourth-order valence-corrected chi connectivity index (χ4v) is 2.40. The molecule has 2 heterocycles. The van der Waals surface area contributed by atoms with E-state index in [1.807, 2.05) is 11.7 Å². The van der Waals surface area contributed by atoms with E-state index >= 15 is 0 Å². The molecule has 0 radical (unpaired) electrons. The number of aryl methyl sites for hydroxylation is 1. The van der Waals surface area contributed by atoms with Gasteiger partial charge in [-0.3, -0.25) is 9.58 Å². The van der Waals surface area contributed by atoms with Gasteiger partial charge in [-0.1, -0.05) is 0 Å². The van der Waals surface area contributed by atoms with Gasteiger partial charge in [0, 0.05) is 25.2 Å². The molecule has 18 heavy (non-hydrogen) atoms. The van der Waals surface area contributed by atoms with Crippen LogP contribution in [0, 0.1) is 0 Å². The molecule has 1 aromatic rings. The number of hydrogen-bond donors (Lipinski definition) is 1. The molecular formula is C13H25N5. The maximum Gasteiger partial charge on any atom is 0.140 e. The largest absolute Gasteiger partial charge is 0.311 e. The minimum absolute atomic E-state index is 0.193. The molecule has 102 valence electrons. The molecule has 0 aliphatic carbocycles. The van der Waals surface area contributed by atoms with Crippen molar-refractivity contribution in [3.8, 4) is 0 Å². The summed E-state index contributed by atoms with van der Waals surface area (Å²) in [5.41, 5.74) is 0.193. The molecule has 1 atom stereocenters. The van der Waals surface area contributed by atoms with Crippen molar-refractivity contribution in [2.75, 3.05) is 13.1 Å². The van der Waals surface area contributed by atoms with Crippen molar-refractivity contribution >= 4 is 0 Å². The predicted molar refractivity (Wildman–Crippen MR) is 72.2 cm³/mol. The summed E-state index contributed by atoms with van der Waals surface area (Å²) >= 11 is 0. The zero-order chi connectivity index (χ0) is 13.2.